The van der Waals surface area contributed by atoms with E-state index in [-0.39, 0.29) is 5.91 Å². The summed E-state index contributed by atoms with van der Waals surface area (Å²) in [5, 5.41) is 3.21. The zero-order valence-corrected chi connectivity index (χ0v) is 13.1. The molecule has 1 aliphatic rings. The smallest absolute Gasteiger partial charge is 0.226 e. The third-order valence-electron chi connectivity index (χ3n) is 3.95. The lowest BCUT2D eigenvalue weighted by molar-refractivity contribution is -0.132. The predicted octanol–water partition coefficient (Wildman–Crippen LogP) is 2.09. The third kappa shape index (κ3) is 4.74. The average Bonchev–Trinajstić information content (AvgIpc) is 2.50. The highest BCUT2D eigenvalue weighted by Gasteiger charge is 2.23. The zero-order chi connectivity index (χ0) is 15.1. The monoisotopic (exact) mass is 290 g/mol. The first kappa shape index (κ1) is 15.8. The lowest BCUT2D eigenvalue weighted by atomic mass is 9.97. The fourth-order valence-corrected chi connectivity index (χ4v) is 2.90. The molecule has 1 aromatic carbocycles. The van der Waals surface area contributed by atoms with E-state index in [1.54, 1.807) is 0 Å². The van der Waals surface area contributed by atoms with Gasteiger partial charge in [0.05, 0.1) is 13.0 Å². The number of hydrogen-bond donors (Lipinski definition) is 1. The van der Waals surface area contributed by atoms with Crippen molar-refractivity contribution in [3.05, 3.63) is 29.8 Å². The molecule has 0 bridgehead atoms. The van der Waals surface area contributed by atoms with Gasteiger partial charge in [0.2, 0.25) is 5.91 Å². The molecule has 1 amide bonds. The molecule has 4 heteroatoms. The van der Waals surface area contributed by atoms with E-state index in [2.05, 4.69) is 5.32 Å². The molecule has 1 aliphatic heterocycles. The first-order valence-corrected chi connectivity index (χ1v) is 7.87. The maximum absolute atomic E-state index is 12.4. The molecular weight excluding hydrogens is 264 g/mol. The summed E-state index contributed by atoms with van der Waals surface area (Å²) in [6.45, 7) is 5.41. The van der Waals surface area contributed by atoms with Gasteiger partial charge in [-0.1, -0.05) is 12.1 Å². The number of carbonyl (C=O) groups is 1. The summed E-state index contributed by atoms with van der Waals surface area (Å²) in [7, 11) is 1.97. The molecule has 2 rings (SSSR count). The second-order valence-electron chi connectivity index (χ2n) is 5.66. The van der Waals surface area contributed by atoms with Gasteiger partial charge in [-0.25, -0.2) is 0 Å². The van der Waals surface area contributed by atoms with Gasteiger partial charge in [0.1, 0.15) is 5.75 Å². The Morgan fingerprint density at radius 2 is 2.14 bits per heavy atom. The van der Waals surface area contributed by atoms with Gasteiger partial charge in [-0.2, -0.15) is 0 Å². The van der Waals surface area contributed by atoms with Crippen LogP contribution in [0.4, 0.5) is 0 Å². The second kappa shape index (κ2) is 8.03. The van der Waals surface area contributed by atoms with Crippen LogP contribution in [0.3, 0.4) is 0 Å². The summed E-state index contributed by atoms with van der Waals surface area (Å²) in [5.74, 6) is 1.69. The molecule has 1 saturated heterocycles. The largest absolute Gasteiger partial charge is 0.494 e. The van der Waals surface area contributed by atoms with Crippen LogP contribution in [0.15, 0.2) is 24.3 Å². The SMILES string of the molecule is CCOc1ccc(CC(=O)N2CCCC(CNC)C2)cc1. The lowest BCUT2D eigenvalue weighted by Crippen LogP contribution is -2.43. The Hall–Kier alpha value is -1.55. The fraction of sp³-hybridized carbons (Fsp3) is 0.588. The second-order valence-corrected chi connectivity index (χ2v) is 5.66. The van der Waals surface area contributed by atoms with Crippen molar-refractivity contribution in [3.8, 4) is 5.75 Å². The van der Waals surface area contributed by atoms with E-state index in [1.165, 1.54) is 6.42 Å². The van der Waals surface area contributed by atoms with Crippen LogP contribution in [0.5, 0.6) is 5.75 Å². The number of benzene rings is 1. The van der Waals surface area contributed by atoms with Crippen LogP contribution in [0.2, 0.25) is 0 Å². The average molecular weight is 290 g/mol. The van der Waals surface area contributed by atoms with Gasteiger partial charge < -0.3 is 15.0 Å². The maximum Gasteiger partial charge on any atom is 0.226 e. The Morgan fingerprint density at radius 1 is 1.38 bits per heavy atom. The molecule has 4 nitrogen and oxygen atoms in total. The summed E-state index contributed by atoms with van der Waals surface area (Å²) >= 11 is 0. The van der Waals surface area contributed by atoms with Gasteiger partial charge in [-0.3, -0.25) is 4.79 Å². The molecule has 1 aromatic rings. The fourth-order valence-electron chi connectivity index (χ4n) is 2.90. The minimum absolute atomic E-state index is 0.236. The Kier molecular flexibility index (Phi) is 6.05. The molecule has 1 N–H and O–H groups in total. The number of likely N-dealkylation sites (tertiary alicyclic amines) is 1. The van der Waals surface area contributed by atoms with Crippen molar-refractivity contribution < 1.29 is 9.53 Å². The maximum atomic E-state index is 12.4. The number of hydrogen-bond acceptors (Lipinski definition) is 3. The van der Waals surface area contributed by atoms with Crippen LogP contribution < -0.4 is 10.1 Å². The van der Waals surface area contributed by atoms with E-state index in [0.29, 0.717) is 18.9 Å². The van der Waals surface area contributed by atoms with Crippen molar-refractivity contribution in [1.82, 2.24) is 10.2 Å². The van der Waals surface area contributed by atoms with Gasteiger partial charge in [-0.15, -0.1) is 0 Å². The summed E-state index contributed by atoms with van der Waals surface area (Å²) in [6.07, 6.45) is 2.81. The van der Waals surface area contributed by atoms with Crippen molar-refractivity contribution in [1.29, 1.82) is 0 Å². The molecule has 1 fully saturated rings. The van der Waals surface area contributed by atoms with Gasteiger partial charge in [0, 0.05) is 13.1 Å². The molecule has 1 unspecified atom stereocenters. The number of nitrogens with zero attached hydrogens (tertiary/aromatic N) is 1. The lowest BCUT2D eigenvalue weighted by Gasteiger charge is -2.32. The topological polar surface area (TPSA) is 41.6 Å². The number of rotatable bonds is 6. The van der Waals surface area contributed by atoms with Crippen molar-refractivity contribution in [2.24, 2.45) is 5.92 Å². The highest BCUT2D eigenvalue weighted by atomic mass is 16.5. The molecule has 1 atom stereocenters. The number of amides is 1. The minimum atomic E-state index is 0.236. The third-order valence-corrected chi connectivity index (χ3v) is 3.95. The van der Waals surface area contributed by atoms with E-state index in [0.717, 1.165) is 37.4 Å². The first-order valence-electron chi connectivity index (χ1n) is 7.87. The van der Waals surface area contributed by atoms with E-state index >= 15 is 0 Å². The summed E-state index contributed by atoms with van der Waals surface area (Å²) in [6, 6.07) is 7.84. The van der Waals surface area contributed by atoms with Crippen LogP contribution in [0.1, 0.15) is 25.3 Å². The van der Waals surface area contributed by atoms with E-state index in [4.69, 9.17) is 4.74 Å². The summed E-state index contributed by atoms with van der Waals surface area (Å²) in [4.78, 5) is 14.4. The van der Waals surface area contributed by atoms with Crippen molar-refractivity contribution >= 4 is 5.91 Å². The number of nitrogens with one attached hydrogen (secondary N) is 1. The Bertz CT molecular complexity index is 443. The predicted molar refractivity (Wildman–Crippen MR) is 84.5 cm³/mol. The van der Waals surface area contributed by atoms with Gasteiger partial charge in [0.15, 0.2) is 0 Å². The summed E-state index contributed by atoms with van der Waals surface area (Å²) in [5.41, 5.74) is 1.05. The van der Waals surface area contributed by atoms with Crippen molar-refractivity contribution in [3.63, 3.8) is 0 Å². The number of carbonyl (C=O) groups excluding carboxylic acids is 1. The number of piperidine rings is 1. The standard InChI is InChI=1S/C17H26N2O2/c1-3-21-16-8-6-14(7-9-16)11-17(20)19-10-4-5-15(13-19)12-18-2/h6-9,15,18H,3-5,10-13H2,1-2H3. The normalized spacial score (nSPS) is 18.6. The molecule has 116 valence electrons. The zero-order valence-electron chi connectivity index (χ0n) is 13.1. The van der Waals surface area contributed by atoms with Gasteiger partial charge in [0.25, 0.3) is 0 Å². The molecule has 0 aliphatic carbocycles. The Morgan fingerprint density at radius 3 is 2.81 bits per heavy atom. The number of ether oxygens (including phenoxy) is 1. The molecular formula is C17H26N2O2. The Balaban J connectivity index is 1.88. The van der Waals surface area contributed by atoms with Crippen molar-refractivity contribution in [2.75, 3.05) is 33.3 Å². The van der Waals surface area contributed by atoms with E-state index in [1.807, 2.05) is 43.1 Å². The molecule has 0 spiro atoms. The molecule has 1 heterocycles. The van der Waals surface area contributed by atoms with E-state index in [9.17, 15) is 4.79 Å². The quantitative estimate of drug-likeness (QED) is 0.872. The van der Waals surface area contributed by atoms with Crippen LogP contribution >= 0.6 is 0 Å². The van der Waals surface area contributed by atoms with Crippen LogP contribution in [0, 0.1) is 5.92 Å². The first-order chi connectivity index (χ1) is 10.2. The summed E-state index contributed by atoms with van der Waals surface area (Å²) < 4.78 is 5.42. The van der Waals surface area contributed by atoms with Crippen LogP contribution in [0.25, 0.3) is 0 Å². The highest BCUT2D eigenvalue weighted by molar-refractivity contribution is 5.78. The van der Waals surface area contributed by atoms with Gasteiger partial charge in [-0.05, 0) is 57.0 Å². The van der Waals surface area contributed by atoms with Crippen molar-refractivity contribution in [2.45, 2.75) is 26.2 Å². The van der Waals surface area contributed by atoms with Gasteiger partial charge >= 0.3 is 0 Å². The minimum Gasteiger partial charge on any atom is -0.494 e. The molecule has 0 saturated carbocycles. The Labute approximate surface area is 127 Å². The van der Waals surface area contributed by atoms with Crippen LogP contribution in [-0.4, -0.2) is 44.1 Å². The van der Waals surface area contributed by atoms with E-state index < -0.39 is 0 Å². The molecule has 21 heavy (non-hydrogen) atoms. The van der Waals surface area contributed by atoms with Crippen LogP contribution in [-0.2, 0) is 11.2 Å². The highest BCUT2D eigenvalue weighted by Crippen LogP contribution is 2.18. The molecule has 0 aromatic heterocycles. The molecule has 0 radical (unpaired) electrons.